The number of H-pyrrole nitrogens is 2. The molecule has 0 fully saturated rings. The third-order valence-corrected chi connectivity index (χ3v) is 5.76. The van der Waals surface area contributed by atoms with Gasteiger partial charge in [-0.15, -0.1) is 0 Å². The van der Waals surface area contributed by atoms with Crippen molar-refractivity contribution in [3.8, 4) is 22.5 Å². The van der Waals surface area contributed by atoms with Crippen molar-refractivity contribution < 1.29 is 4.79 Å². The van der Waals surface area contributed by atoms with Gasteiger partial charge in [0.25, 0.3) is 5.91 Å². The van der Waals surface area contributed by atoms with Crippen LogP contribution < -0.4 is 5.32 Å². The number of hydrogen-bond donors (Lipinski definition) is 3. The summed E-state index contributed by atoms with van der Waals surface area (Å²) in [6, 6.07) is 9.82. The summed E-state index contributed by atoms with van der Waals surface area (Å²) >= 11 is 0. The van der Waals surface area contributed by atoms with E-state index in [4.69, 9.17) is 0 Å². The van der Waals surface area contributed by atoms with Gasteiger partial charge in [-0.05, 0) is 37.1 Å². The number of rotatable bonds is 6. The Kier molecular flexibility index (Phi) is 5.10. The number of amides is 1. The average molecular weight is 425 g/mol. The predicted molar refractivity (Wildman–Crippen MR) is 124 cm³/mol. The summed E-state index contributed by atoms with van der Waals surface area (Å²) in [6.07, 6.45) is 8.65. The van der Waals surface area contributed by atoms with Crippen molar-refractivity contribution in [3.05, 3.63) is 60.7 Å². The molecule has 160 valence electrons. The first kappa shape index (κ1) is 19.9. The van der Waals surface area contributed by atoms with Gasteiger partial charge in [0.2, 0.25) is 0 Å². The van der Waals surface area contributed by atoms with Crippen molar-refractivity contribution in [1.82, 2.24) is 35.5 Å². The number of hydrogen-bond acceptors (Lipinski definition) is 5. The highest BCUT2D eigenvalue weighted by Gasteiger charge is 2.21. The van der Waals surface area contributed by atoms with Crippen LogP contribution in [0.4, 0.5) is 0 Å². The Morgan fingerprint density at radius 2 is 1.88 bits per heavy atom. The zero-order chi connectivity index (χ0) is 22.1. The fourth-order valence-corrected chi connectivity index (χ4v) is 4.00. The third-order valence-electron chi connectivity index (χ3n) is 5.76. The maximum Gasteiger partial charge on any atom is 0.253 e. The van der Waals surface area contributed by atoms with Gasteiger partial charge in [-0.25, -0.2) is 9.97 Å². The van der Waals surface area contributed by atoms with Crippen LogP contribution in [0.3, 0.4) is 0 Å². The van der Waals surface area contributed by atoms with Crippen molar-refractivity contribution in [1.29, 1.82) is 0 Å². The Hall–Kier alpha value is -4.07. The van der Waals surface area contributed by atoms with Gasteiger partial charge in [0.15, 0.2) is 5.65 Å². The predicted octanol–water partition coefficient (Wildman–Crippen LogP) is 4.48. The Balaban J connectivity index is 1.67. The fourth-order valence-electron chi connectivity index (χ4n) is 4.00. The lowest BCUT2D eigenvalue weighted by molar-refractivity contribution is 0.0934. The molecule has 0 bridgehead atoms. The zero-order valence-corrected chi connectivity index (χ0v) is 17.9. The van der Waals surface area contributed by atoms with E-state index in [0.29, 0.717) is 11.2 Å². The van der Waals surface area contributed by atoms with Crippen LogP contribution in [0.15, 0.2) is 55.1 Å². The molecule has 5 aromatic heterocycles. The lowest BCUT2D eigenvalue weighted by Crippen LogP contribution is -2.33. The first-order chi connectivity index (χ1) is 15.7. The second-order valence-electron chi connectivity index (χ2n) is 7.70. The van der Waals surface area contributed by atoms with Gasteiger partial charge in [-0.1, -0.05) is 19.9 Å². The SMILES string of the molecule is CCC(CC)NC(=O)c1cnc2n[nH]c(-c3[nH]c4ncccc4c3-c3cccnc3)c2c1. The highest BCUT2D eigenvalue weighted by atomic mass is 16.1. The summed E-state index contributed by atoms with van der Waals surface area (Å²) in [6.45, 7) is 4.13. The van der Waals surface area contributed by atoms with Gasteiger partial charge < -0.3 is 10.3 Å². The van der Waals surface area contributed by atoms with E-state index < -0.39 is 0 Å². The van der Waals surface area contributed by atoms with E-state index in [1.165, 1.54) is 0 Å². The maximum absolute atomic E-state index is 12.8. The van der Waals surface area contributed by atoms with Crippen LogP contribution in [0.2, 0.25) is 0 Å². The second kappa shape index (κ2) is 8.22. The number of carbonyl (C=O) groups excluding carboxylic acids is 1. The molecule has 8 nitrogen and oxygen atoms in total. The molecule has 5 heterocycles. The molecule has 5 aromatic rings. The number of pyridine rings is 3. The first-order valence-electron chi connectivity index (χ1n) is 10.7. The van der Waals surface area contributed by atoms with E-state index in [0.717, 1.165) is 51.8 Å². The first-order valence-corrected chi connectivity index (χ1v) is 10.7. The molecular weight excluding hydrogens is 402 g/mol. The molecule has 0 aliphatic heterocycles. The molecule has 32 heavy (non-hydrogen) atoms. The van der Waals surface area contributed by atoms with Gasteiger partial charge in [0, 0.05) is 52.7 Å². The van der Waals surface area contributed by atoms with Gasteiger partial charge in [-0.2, -0.15) is 5.10 Å². The number of aromatic amines is 2. The van der Waals surface area contributed by atoms with E-state index in [-0.39, 0.29) is 11.9 Å². The topological polar surface area (TPSA) is 112 Å². The van der Waals surface area contributed by atoms with E-state index >= 15 is 0 Å². The highest BCUT2D eigenvalue weighted by molar-refractivity contribution is 6.06. The Bertz CT molecular complexity index is 1400. The highest BCUT2D eigenvalue weighted by Crippen LogP contribution is 2.38. The molecule has 1 amide bonds. The normalized spacial score (nSPS) is 11.5. The molecular formula is C24H23N7O. The van der Waals surface area contributed by atoms with Gasteiger partial charge in [0.05, 0.1) is 17.0 Å². The monoisotopic (exact) mass is 425 g/mol. The Labute approximate surface area is 184 Å². The van der Waals surface area contributed by atoms with Crippen molar-refractivity contribution >= 4 is 28.0 Å². The molecule has 0 spiro atoms. The molecule has 0 saturated heterocycles. The Morgan fingerprint density at radius 1 is 1.03 bits per heavy atom. The standard InChI is InChI=1S/C24H23N7O/c1-3-16(4-2)28-24(32)15-11-18-20(30-31-23(18)27-13-15)21-19(14-7-5-9-25-12-14)17-8-6-10-26-22(17)29-21/h5-13,16H,3-4H2,1-2H3,(H,26,29)(H,28,32)(H,27,30,31). The van der Waals surface area contributed by atoms with Crippen LogP contribution in [0.5, 0.6) is 0 Å². The number of aromatic nitrogens is 6. The second-order valence-corrected chi connectivity index (χ2v) is 7.70. The van der Waals surface area contributed by atoms with Crippen molar-refractivity contribution in [2.75, 3.05) is 0 Å². The van der Waals surface area contributed by atoms with E-state index in [1.807, 2.05) is 36.5 Å². The lowest BCUT2D eigenvalue weighted by atomic mass is 10.0. The summed E-state index contributed by atoms with van der Waals surface area (Å²) in [4.78, 5) is 29.4. The Morgan fingerprint density at radius 3 is 2.66 bits per heavy atom. The quantitative estimate of drug-likeness (QED) is 0.371. The van der Waals surface area contributed by atoms with Gasteiger partial charge in [0.1, 0.15) is 5.65 Å². The van der Waals surface area contributed by atoms with Gasteiger partial charge >= 0.3 is 0 Å². The average Bonchev–Trinajstić information content (AvgIpc) is 3.43. The fraction of sp³-hybridized carbons (Fsp3) is 0.208. The van der Waals surface area contributed by atoms with Crippen molar-refractivity contribution in [2.45, 2.75) is 32.7 Å². The van der Waals surface area contributed by atoms with Gasteiger partial charge in [-0.3, -0.25) is 14.9 Å². The largest absolute Gasteiger partial charge is 0.349 e. The molecule has 5 rings (SSSR count). The number of nitrogens with one attached hydrogen (secondary N) is 3. The van der Waals surface area contributed by atoms with E-state index in [1.54, 1.807) is 18.6 Å². The minimum absolute atomic E-state index is 0.133. The molecule has 0 radical (unpaired) electrons. The van der Waals surface area contributed by atoms with E-state index in [9.17, 15) is 4.79 Å². The van der Waals surface area contributed by atoms with Crippen molar-refractivity contribution in [3.63, 3.8) is 0 Å². The molecule has 0 unspecified atom stereocenters. The molecule has 0 aliphatic rings. The molecule has 0 saturated carbocycles. The number of carbonyl (C=O) groups is 1. The van der Waals surface area contributed by atoms with Crippen LogP contribution in [0, 0.1) is 0 Å². The van der Waals surface area contributed by atoms with Crippen LogP contribution in [0.1, 0.15) is 37.0 Å². The molecule has 0 aromatic carbocycles. The zero-order valence-electron chi connectivity index (χ0n) is 17.9. The van der Waals surface area contributed by atoms with Crippen molar-refractivity contribution in [2.24, 2.45) is 0 Å². The van der Waals surface area contributed by atoms with Crippen LogP contribution in [0.25, 0.3) is 44.6 Å². The third kappa shape index (κ3) is 3.39. The molecule has 0 atom stereocenters. The van der Waals surface area contributed by atoms with Crippen LogP contribution >= 0.6 is 0 Å². The number of fused-ring (bicyclic) bond motifs is 2. The number of nitrogens with zero attached hydrogens (tertiary/aromatic N) is 4. The minimum Gasteiger partial charge on any atom is -0.349 e. The summed E-state index contributed by atoms with van der Waals surface area (Å²) in [5.41, 5.74) is 5.32. The summed E-state index contributed by atoms with van der Waals surface area (Å²) in [5.74, 6) is -0.133. The smallest absolute Gasteiger partial charge is 0.253 e. The minimum atomic E-state index is -0.133. The molecule has 0 aliphatic carbocycles. The van der Waals surface area contributed by atoms with E-state index in [2.05, 4.69) is 49.3 Å². The summed E-state index contributed by atoms with van der Waals surface area (Å²) in [7, 11) is 0. The molecule has 3 N–H and O–H groups in total. The molecule has 8 heteroatoms. The van der Waals surface area contributed by atoms with Crippen LogP contribution in [-0.2, 0) is 0 Å². The maximum atomic E-state index is 12.8. The lowest BCUT2D eigenvalue weighted by Gasteiger charge is -2.14. The van der Waals surface area contributed by atoms with Crippen LogP contribution in [-0.4, -0.2) is 42.1 Å². The summed E-state index contributed by atoms with van der Waals surface area (Å²) in [5, 5.41) is 12.3. The summed E-state index contributed by atoms with van der Waals surface area (Å²) < 4.78 is 0.